The van der Waals surface area contributed by atoms with Gasteiger partial charge in [0.05, 0.1) is 17.0 Å². The lowest BCUT2D eigenvalue weighted by atomic mass is 10.1. The van der Waals surface area contributed by atoms with Gasteiger partial charge in [-0.25, -0.2) is 0 Å². The van der Waals surface area contributed by atoms with Crippen molar-refractivity contribution in [1.29, 1.82) is 0 Å². The maximum atomic E-state index is 12.1. The van der Waals surface area contributed by atoms with Gasteiger partial charge in [-0.3, -0.25) is 9.48 Å². The van der Waals surface area contributed by atoms with Gasteiger partial charge in [0.25, 0.3) is 0 Å². The minimum absolute atomic E-state index is 0.183. The molecular weight excluding hydrogens is 232 g/mol. The molecule has 0 amide bonds. The van der Waals surface area contributed by atoms with Crippen LogP contribution >= 0.6 is 11.3 Å². The fourth-order valence-electron chi connectivity index (χ4n) is 1.81. The third-order valence-electron chi connectivity index (χ3n) is 2.85. The Bertz CT molecular complexity index is 539. The van der Waals surface area contributed by atoms with E-state index in [4.69, 9.17) is 0 Å². The van der Waals surface area contributed by atoms with Crippen molar-refractivity contribution in [3.8, 4) is 0 Å². The molecule has 4 heteroatoms. The van der Waals surface area contributed by atoms with Crippen LogP contribution in [0.15, 0.2) is 17.5 Å². The first-order valence-electron chi connectivity index (χ1n) is 5.71. The van der Waals surface area contributed by atoms with Crippen LogP contribution in [-0.4, -0.2) is 15.6 Å². The maximum absolute atomic E-state index is 12.1. The first kappa shape index (κ1) is 12.0. The van der Waals surface area contributed by atoms with Crippen molar-refractivity contribution in [1.82, 2.24) is 9.78 Å². The Kier molecular flexibility index (Phi) is 3.43. The van der Waals surface area contributed by atoms with Gasteiger partial charge in [0.2, 0.25) is 0 Å². The van der Waals surface area contributed by atoms with Gasteiger partial charge in [0.15, 0.2) is 5.78 Å². The summed E-state index contributed by atoms with van der Waals surface area (Å²) in [5, 5.41) is 6.32. The molecule has 0 radical (unpaired) electrons. The summed E-state index contributed by atoms with van der Waals surface area (Å²) in [6, 6.07) is 4.00. The van der Waals surface area contributed by atoms with E-state index >= 15 is 0 Å². The van der Waals surface area contributed by atoms with Crippen molar-refractivity contribution in [2.75, 3.05) is 0 Å². The molecule has 0 unspecified atom stereocenters. The predicted octanol–water partition coefficient (Wildman–Crippen LogP) is 2.78. The molecule has 0 aliphatic rings. The smallest absolute Gasteiger partial charge is 0.178 e. The summed E-state index contributed by atoms with van der Waals surface area (Å²) in [6.07, 6.45) is 1.34. The number of nitrogens with zero attached hydrogens (tertiary/aromatic N) is 2. The normalized spacial score (nSPS) is 10.8. The topological polar surface area (TPSA) is 34.9 Å². The van der Waals surface area contributed by atoms with E-state index in [0.29, 0.717) is 6.42 Å². The van der Waals surface area contributed by atoms with Crippen molar-refractivity contribution in [3.05, 3.63) is 39.3 Å². The second-order valence-electron chi connectivity index (χ2n) is 4.14. The first-order valence-corrected chi connectivity index (χ1v) is 6.59. The highest BCUT2D eigenvalue weighted by Crippen LogP contribution is 2.18. The SMILES string of the molecule is CCc1cc(CC(=O)c2sccc2C)n(C)n1. The van der Waals surface area contributed by atoms with Gasteiger partial charge in [-0.1, -0.05) is 6.92 Å². The van der Waals surface area contributed by atoms with Crippen molar-refractivity contribution in [2.45, 2.75) is 26.7 Å². The van der Waals surface area contributed by atoms with E-state index in [0.717, 1.165) is 28.2 Å². The Morgan fingerprint density at radius 2 is 2.29 bits per heavy atom. The quantitative estimate of drug-likeness (QED) is 0.780. The van der Waals surface area contributed by atoms with Crippen LogP contribution in [-0.2, 0) is 19.9 Å². The van der Waals surface area contributed by atoms with E-state index in [2.05, 4.69) is 12.0 Å². The number of hydrogen-bond acceptors (Lipinski definition) is 3. The summed E-state index contributed by atoms with van der Waals surface area (Å²) in [7, 11) is 1.89. The standard InChI is InChI=1S/C13H16N2OS/c1-4-10-7-11(15(3)14-10)8-12(16)13-9(2)5-6-17-13/h5-7H,4,8H2,1-3H3. The molecule has 17 heavy (non-hydrogen) atoms. The fraction of sp³-hybridized carbons (Fsp3) is 0.385. The van der Waals surface area contributed by atoms with E-state index in [-0.39, 0.29) is 5.78 Å². The molecule has 0 spiro atoms. The van der Waals surface area contributed by atoms with E-state index in [1.54, 1.807) is 4.68 Å². The lowest BCUT2D eigenvalue weighted by Gasteiger charge is -2.00. The molecule has 0 bridgehead atoms. The van der Waals surface area contributed by atoms with Crippen LogP contribution in [0.4, 0.5) is 0 Å². The number of carbonyl (C=O) groups is 1. The number of aromatic nitrogens is 2. The fourth-order valence-corrected chi connectivity index (χ4v) is 2.68. The lowest BCUT2D eigenvalue weighted by Crippen LogP contribution is -2.07. The number of ketones is 1. The summed E-state index contributed by atoms with van der Waals surface area (Å²) in [6.45, 7) is 4.04. The van der Waals surface area contributed by atoms with Gasteiger partial charge in [-0.2, -0.15) is 5.10 Å². The average Bonchev–Trinajstić information content (AvgIpc) is 2.86. The lowest BCUT2D eigenvalue weighted by molar-refractivity contribution is 0.0994. The van der Waals surface area contributed by atoms with Crippen LogP contribution in [0.2, 0.25) is 0 Å². The zero-order chi connectivity index (χ0) is 12.4. The highest BCUT2D eigenvalue weighted by atomic mass is 32.1. The third kappa shape index (κ3) is 2.47. The van der Waals surface area contributed by atoms with Gasteiger partial charge >= 0.3 is 0 Å². The van der Waals surface area contributed by atoms with Gasteiger partial charge in [-0.15, -0.1) is 11.3 Å². The molecule has 0 aliphatic heterocycles. The molecular formula is C13H16N2OS. The van der Waals surface area contributed by atoms with Crippen LogP contribution in [0.1, 0.15) is 33.5 Å². The van der Waals surface area contributed by atoms with Gasteiger partial charge in [-0.05, 0) is 36.4 Å². The Morgan fingerprint density at radius 1 is 1.53 bits per heavy atom. The molecule has 2 rings (SSSR count). The molecule has 0 saturated carbocycles. The Hall–Kier alpha value is -1.42. The van der Waals surface area contributed by atoms with Crippen LogP contribution in [0.5, 0.6) is 0 Å². The summed E-state index contributed by atoms with van der Waals surface area (Å²) < 4.78 is 1.81. The van der Waals surface area contributed by atoms with E-state index < -0.39 is 0 Å². The molecule has 0 aromatic carbocycles. The first-order chi connectivity index (χ1) is 8.11. The molecule has 0 N–H and O–H groups in total. The van der Waals surface area contributed by atoms with E-state index in [1.807, 2.05) is 31.5 Å². The second kappa shape index (κ2) is 4.84. The van der Waals surface area contributed by atoms with Gasteiger partial charge < -0.3 is 0 Å². The number of hydrogen-bond donors (Lipinski definition) is 0. The molecule has 0 aliphatic carbocycles. The molecule has 0 fully saturated rings. The Labute approximate surface area is 105 Å². The monoisotopic (exact) mass is 248 g/mol. The van der Waals surface area contributed by atoms with Crippen LogP contribution in [0.25, 0.3) is 0 Å². The van der Waals surface area contributed by atoms with Gasteiger partial charge in [0.1, 0.15) is 0 Å². The summed E-state index contributed by atoms with van der Waals surface area (Å²) in [4.78, 5) is 13.0. The molecule has 3 nitrogen and oxygen atoms in total. The zero-order valence-electron chi connectivity index (χ0n) is 10.4. The average molecular weight is 248 g/mol. The number of carbonyl (C=O) groups excluding carboxylic acids is 1. The third-order valence-corrected chi connectivity index (χ3v) is 3.90. The molecule has 2 aromatic rings. The second-order valence-corrected chi connectivity index (χ2v) is 5.05. The Balaban J connectivity index is 2.18. The van der Waals surface area contributed by atoms with E-state index in [9.17, 15) is 4.79 Å². The molecule has 2 heterocycles. The predicted molar refractivity (Wildman–Crippen MR) is 69.7 cm³/mol. The summed E-state index contributed by atoms with van der Waals surface area (Å²) in [5.41, 5.74) is 3.09. The van der Waals surface area contributed by atoms with Crippen LogP contribution in [0, 0.1) is 6.92 Å². The van der Waals surface area contributed by atoms with Crippen molar-refractivity contribution in [3.63, 3.8) is 0 Å². The van der Waals surface area contributed by atoms with E-state index in [1.165, 1.54) is 11.3 Å². The molecule has 0 atom stereocenters. The summed E-state index contributed by atoms with van der Waals surface area (Å²) >= 11 is 1.52. The summed E-state index contributed by atoms with van der Waals surface area (Å²) in [5.74, 6) is 0.183. The largest absolute Gasteiger partial charge is 0.293 e. The molecule has 0 saturated heterocycles. The number of rotatable bonds is 4. The van der Waals surface area contributed by atoms with Crippen molar-refractivity contribution < 1.29 is 4.79 Å². The zero-order valence-corrected chi connectivity index (χ0v) is 11.2. The molecule has 90 valence electrons. The van der Waals surface area contributed by atoms with Crippen molar-refractivity contribution in [2.24, 2.45) is 7.05 Å². The molecule has 2 aromatic heterocycles. The number of aryl methyl sites for hydroxylation is 3. The Morgan fingerprint density at radius 3 is 2.82 bits per heavy atom. The van der Waals surface area contributed by atoms with Crippen LogP contribution < -0.4 is 0 Å². The minimum atomic E-state index is 0.183. The number of Topliss-reactive ketones (excluding diaryl/α,β-unsaturated/α-hetero) is 1. The highest BCUT2D eigenvalue weighted by molar-refractivity contribution is 7.12. The highest BCUT2D eigenvalue weighted by Gasteiger charge is 2.14. The number of thiophene rings is 1. The minimum Gasteiger partial charge on any atom is -0.293 e. The van der Waals surface area contributed by atoms with Crippen molar-refractivity contribution >= 4 is 17.1 Å². The van der Waals surface area contributed by atoms with Gasteiger partial charge in [0, 0.05) is 12.7 Å². The maximum Gasteiger partial charge on any atom is 0.178 e. The van der Waals surface area contributed by atoms with Crippen LogP contribution in [0.3, 0.4) is 0 Å².